The van der Waals surface area contributed by atoms with Gasteiger partial charge in [-0.1, -0.05) is 18.2 Å². The van der Waals surface area contributed by atoms with E-state index in [1.165, 1.54) is 0 Å². The van der Waals surface area contributed by atoms with Crippen LogP contribution in [0, 0.1) is 0 Å². The number of amides is 1. The first-order chi connectivity index (χ1) is 13.8. The Hall–Kier alpha value is -3.81. The van der Waals surface area contributed by atoms with Gasteiger partial charge in [0.25, 0.3) is 0 Å². The molecule has 0 atom stereocenters. The predicted molar refractivity (Wildman–Crippen MR) is 103 cm³/mol. The fourth-order valence-electron chi connectivity index (χ4n) is 2.74. The molecule has 140 valence electrons. The van der Waals surface area contributed by atoms with Gasteiger partial charge in [0.05, 0.1) is 5.69 Å². The van der Waals surface area contributed by atoms with Crippen LogP contribution in [0.5, 0.6) is 0 Å². The fourth-order valence-corrected chi connectivity index (χ4v) is 2.74. The number of pyridine rings is 1. The van der Waals surface area contributed by atoms with Gasteiger partial charge in [-0.25, -0.2) is 9.67 Å². The van der Waals surface area contributed by atoms with E-state index in [2.05, 4.69) is 25.6 Å². The second-order valence-electron chi connectivity index (χ2n) is 6.09. The molecule has 0 radical (unpaired) electrons. The van der Waals surface area contributed by atoms with Gasteiger partial charge < -0.3 is 9.73 Å². The highest BCUT2D eigenvalue weighted by Gasteiger charge is 2.11. The molecule has 3 aromatic heterocycles. The molecule has 28 heavy (non-hydrogen) atoms. The number of nitrogens with one attached hydrogen (secondary N) is 1. The molecule has 8 nitrogen and oxygen atoms in total. The lowest BCUT2D eigenvalue weighted by Gasteiger charge is -2.09. The molecule has 4 rings (SSSR count). The van der Waals surface area contributed by atoms with Gasteiger partial charge in [0.1, 0.15) is 0 Å². The van der Waals surface area contributed by atoms with Crippen LogP contribution in [-0.4, -0.2) is 30.9 Å². The minimum absolute atomic E-state index is 0.107. The number of anilines is 1. The second kappa shape index (κ2) is 8.26. The molecule has 0 saturated carbocycles. The Morgan fingerprint density at radius 3 is 2.75 bits per heavy atom. The van der Waals surface area contributed by atoms with Crippen LogP contribution in [0.1, 0.15) is 18.7 Å². The SMILES string of the molecule is O=C(CCCc1nnc(-c2ccccc2)o1)Nc1cccnc1-n1cccn1. The molecular weight excluding hydrogens is 356 g/mol. The predicted octanol–water partition coefficient (Wildman–Crippen LogP) is 3.28. The van der Waals surface area contributed by atoms with Crippen molar-refractivity contribution in [2.24, 2.45) is 0 Å². The Morgan fingerprint density at radius 1 is 1.04 bits per heavy atom. The van der Waals surface area contributed by atoms with Crippen molar-refractivity contribution in [1.29, 1.82) is 0 Å². The highest BCUT2D eigenvalue weighted by atomic mass is 16.4. The highest BCUT2D eigenvalue weighted by molar-refractivity contribution is 5.92. The Bertz CT molecular complexity index is 1040. The van der Waals surface area contributed by atoms with Gasteiger partial charge in [-0.2, -0.15) is 5.10 Å². The largest absolute Gasteiger partial charge is 0.421 e. The fraction of sp³-hybridized carbons (Fsp3) is 0.150. The van der Waals surface area contributed by atoms with Crippen molar-refractivity contribution < 1.29 is 9.21 Å². The van der Waals surface area contributed by atoms with Crippen molar-refractivity contribution in [2.75, 3.05) is 5.32 Å². The molecule has 1 N–H and O–H groups in total. The first kappa shape index (κ1) is 17.6. The average Bonchev–Trinajstić information content (AvgIpc) is 3.41. The number of rotatable bonds is 7. The van der Waals surface area contributed by atoms with Crippen molar-refractivity contribution in [3.63, 3.8) is 0 Å². The van der Waals surface area contributed by atoms with Crippen LogP contribution >= 0.6 is 0 Å². The molecular formula is C20H18N6O2. The second-order valence-corrected chi connectivity index (χ2v) is 6.09. The topological polar surface area (TPSA) is 98.7 Å². The van der Waals surface area contributed by atoms with E-state index >= 15 is 0 Å². The number of aryl methyl sites for hydroxylation is 1. The first-order valence-electron chi connectivity index (χ1n) is 8.92. The lowest BCUT2D eigenvalue weighted by Crippen LogP contribution is -2.14. The van der Waals surface area contributed by atoms with Crippen molar-refractivity contribution in [3.8, 4) is 17.3 Å². The van der Waals surface area contributed by atoms with Gasteiger partial charge in [-0.3, -0.25) is 4.79 Å². The van der Waals surface area contributed by atoms with Crippen LogP contribution in [0.25, 0.3) is 17.3 Å². The molecule has 0 bridgehead atoms. The number of nitrogens with zero attached hydrogens (tertiary/aromatic N) is 5. The summed E-state index contributed by atoms with van der Waals surface area (Å²) in [5.41, 5.74) is 1.49. The normalized spacial score (nSPS) is 10.7. The third kappa shape index (κ3) is 4.12. The Morgan fingerprint density at radius 2 is 1.93 bits per heavy atom. The van der Waals surface area contributed by atoms with Crippen molar-refractivity contribution in [3.05, 3.63) is 73.0 Å². The lowest BCUT2D eigenvalue weighted by atomic mass is 10.2. The van der Waals surface area contributed by atoms with E-state index in [0.29, 0.717) is 42.5 Å². The van der Waals surface area contributed by atoms with Crippen LogP contribution in [-0.2, 0) is 11.2 Å². The maximum Gasteiger partial charge on any atom is 0.247 e. The van der Waals surface area contributed by atoms with Crippen LogP contribution in [0.3, 0.4) is 0 Å². The van der Waals surface area contributed by atoms with Crippen LogP contribution < -0.4 is 5.32 Å². The number of carbonyl (C=O) groups is 1. The standard InChI is InChI=1S/C20H18N6O2/c27-17(23-16-9-5-12-21-19(16)26-14-6-13-22-26)10-4-11-18-24-25-20(28-18)15-7-2-1-3-8-15/h1-3,5-9,12-14H,4,10-11H2,(H,23,27). The highest BCUT2D eigenvalue weighted by Crippen LogP contribution is 2.19. The summed E-state index contributed by atoms with van der Waals surface area (Å²) in [7, 11) is 0. The summed E-state index contributed by atoms with van der Waals surface area (Å²) in [6, 6.07) is 15.0. The van der Waals surface area contributed by atoms with E-state index in [1.54, 1.807) is 41.5 Å². The molecule has 0 aliphatic carbocycles. The Labute approximate surface area is 161 Å². The molecule has 0 unspecified atom stereocenters. The summed E-state index contributed by atoms with van der Waals surface area (Å²) >= 11 is 0. The van der Waals surface area contributed by atoms with Gasteiger partial charge in [0.15, 0.2) is 5.82 Å². The molecule has 0 aliphatic rings. The Balaban J connectivity index is 1.32. The van der Waals surface area contributed by atoms with Crippen molar-refractivity contribution in [1.82, 2.24) is 25.0 Å². The quantitative estimate of drug-likeness (QED) is 0.533. The van der Waals surface area contributed by atoms with E-state index in [9.17, 15) is 4.79 Å². The molecule has 0 fully saturated rings. The van der Waals surface area contributed by atoms with E-state index in [1.807, 2.05) is 30.3 Å². The van der Waals surface area contributed by atoms with E-state index in [4.69, 9.17) is 4.42 Å². The molecule has 0 spiro atoms. The maximum absolute atomic E-state index is 12.3. The maximum atomic E-state index is 12.3. The molecule has 1 aromatic carbocycles. The summed E-state index contributed by atoms with van der Waals surface area (Å²) in [5, 5.41) is 15.2. The van der Waals surface area contributed by atoms with Crippen LogP contribution in [0.2, 0.25) is 0 Å². The van der Waals surface area contributed by atoms with Crippen molar-refractivity contribution >= 4 is 11.6 Å². The van der Waals surface area contributed by atoms with E-state index < -0.39 is 0 Å². The summed E-state index contributed by atoms with van der Waals surface area (Å²) in [6.07, 6.45) is 6.56. The van der Waals surface area contributed by atoms with Crippen molar-refractivity contribution in [2.45, 2.75) is 19.3 Å². The lowest BCUT2D eigenvalue weighted by molar-refractivity contribution is -0.116. The summed E-state index contributed by atoms with van der Waals surface area (Å²) in [6.45, 7) is 0. The molecule has 0 saturated heterocycles. The zero-order valence-electron chi connectivity index (χ0n) is 15.0. The van der Waals surface area contributed by atoms with Gasteiger partial charge in [0, 0.05) is 37.0 Å². The molecule has 3 heterocycles. The number of aromatic nitrogens is 5. The van der Waals surface area contributed by atoms with Crippen LogP contribution in [0.15, 0.2) is 71.5 Å². The number of carbonyl (C=O) groups excluding carboxylic acids is 1. The van der Waals surface area contributed by atoms with Gasteiger partial charge >= 0.3 is 0 Å². The minimum Gasteiger partial charge on any atom is -0.421 e. The zero-order chi connectivity index (χ0) is 19.2. The summed E-state index contributed by atoms with van der Waals surface area (Å²) in [5.74, 6) is 1.47. The number of benzene rings is 1. The first-order valence-corrected chi connectivity index (χ1v) is 8.92. The van der Waals surface area contributed by atoms with E-state index in [0.717, 1.165) is 5.56 Å². The smallest absolute Gasteiger partial charge is 0.247 e. The monoisotopic (exact) mass is 374 g/mol. The van der Waals surface area contributed by atoms with E-state index in [-0.39, 0.29) is 5.91 Å². The molecule has 4 aromatic rings. The third-order valence-corrected chi connectivity index (χ3v) is 4.06. The average molecular weight is 374 g/mol. The molecule has 8 heteroatoms. The Kier molecular flexibility index (Phi) is 5.19. The number of hydrogen-bond donors (Lipinski definition) is 1. The van der Waals surface area contributed by atoms with Gasteiger partial charge in [-0.15, -0.1) is 10.2 Å². The van der Waals surface area contributed by atoms with Gasteiger partial charge in [0.2, 0.25) is 17.7 Å². The molecule has 0 aliphatic heterocycles. The molecule has 1 amide bonds. The number of hydrogen-bond acceptors (Lipinski definition) is 6. The summed E-state index contributed by atoms with van der Waals surface area (Å²) < 4.78 is 7.27. The third-order valence-electron chi connectivity index (χ3n) is 4.06. The summed E-state index contributed by atoms with van der Waals surface area (Å²) in [4.78, 5) is 16.6. The van der Waals surface area contributed by atoms with Gasteiger partial charge in [-0.05, 0) is 36.8 Å². The zero-order valence-corrected chi connectivity index (χ0v) is 15.0. The van der Waals surface area contributed by atoms with Crippen LogP contribution in [0.4, 0.5) is 5.69 Å². The minimum atomic E-state index is -0.107.